The predicted octanol–water partition coefficient (Wildman–Crippen LogP) is 4.84. The molecule has 150 valence electrons. The minimum absolute atomic E-state index is 0.00463. The van der Waals surface area contributed by atoms with E-state index in [9.17, 15) is 18.0 Å². The van der Waals surface area contributed by atoms with Crippen molar-refractivity contribution < 1.29 is 27.4 Å². The van der Waals surface area contributed by atoms with Crippen LogP contribution in [0.5, 0.6) is 11.5 Å². The Morgan fingerprint density at radius 3 is 2.52 bits per heavy atom. The minimum Gasteiger partial charge on any atom is -0.424 e. The monoisotopic (exact) mass is 406 g/mol. The van der Waals surface area contributed by atoms with Crippen LogP contribution >= 0.6 is 11.6 Å². The second-order valence-electron chi connectivity index (χ2n) is 8.12. The van der Waals surface area contributed by atoms with Crippen molar-refractivity contribution in [3.8, 4) is 11.5 Å². The SMILES string of the molecule is C[C@@H]1C[C@H](NC(=O)N[C@@]2(C(F)(F)F)Oc3ccc(Cl)cc3O2)CC(C)(C)C1. The van der Waals surface area contributed by atoms with Crippen molar-refractivity contribution in [3.63, 3.8) is 0 Å². The van der Waals surface area contributed by atoms with Crippen LogP contribution in [0.2, 0.25) is 5.02 Å². The first-order chi connectivity index (χ1) is 12.4. The maximum absolute atomic E-state index is 13.7. The highest BCUT2D eigenvalue weighted by Gasteiger charge is 2.65. The van der Waals surface area contributed by atoms with Gasteiger partial charge in [0.1, 0.15) is 0 Å². The van der Waals surface area contributed by atoms with Crippen molar-refractivity contribution in [3.05, 3.63) is 23.2 Å². The number of halogens is 4. The van der Waals surface area contributed by atoms with Crippen LogP contribution in [0.15, 0.2) is 18.2 Å². The normalized spacial score (nSPS) is 29.3. The number of urea groups is 1. The van der Waals surface area contributed by atoms with Crippen LogP contribution in [0.3, 0.4) is 0 Å². The van der Waals surface area contributed by atoms with Crippen LogP contribution in [0, 0.1) is 11.3 Å². The summed E-state index contributed by atoms with van der Waals surface area (Å²) in [7, 11) is 0. The van der Waals surface area contributed by atoms with Gasteiger partial charge in [0, 0.05) is 17.1 Å². The van der Waals surface area contributed by atoms with E-state index in [1.807, 2.05) is 5.32 Å². The third-order valence-corrected chi connectivity index (χ3v) is 5.02. The number of carbonyl (C=O) groups excluding carboxylic acids is 1. The van der Waals surface area contributed by atoms with E-state index in [4.69, 9.17) is 21.1 Å². The summed E-state index contributed by atoms with van der Waals surface area (Å²) in [5.74, 6) is -3.27. The van der Waals surface area contributed by atoms with Crippen LogP contribution in [-0.4, -0.2) is 24.2 Å². The molecule has 2 N–H and O–H groups in total. The van der Waals surface area contributed by atoms with Crippen LogP contribution < -0.4 is 20.1 Å². The molecule has 27 heavy (non-hydrogen) atoms. The average Bonchev–Trinajstić information content (AvgIpc) is 2.82. The molecule has 0 aromatic heterocycles. The van der Waals surface area contributed by atoms with Crippen molar-refractivity contribution in [2.45, 2.75) is 58.2 Å². The molecule has 3 atom stereocenters. The zero-order valence-corrected chi connectivity index (χ0v) is 16.0. The zero-order valence-electron chi connectivity index (χ0n) is 15.2. The van der Waals surface area contributed by atoms with Gasteiger partial charge < -0.3 is 14.8 Å². The van der Waals surface area contributed by atoms with Gasteiger partial charge in [-0.15, -0.1) is 0 Å². The second kappa shape index (κ2) is 6.65. The fourth-order valence-electron chi connectivity index (χ4n) is 4.04. The standard InChI is InChI=1S/C18H22ClF3N2O3/c1-10-6-12(9-16(2,3)8-10)23-15(25)24-18(17(20,21)22)26-13-5-4-11(19)7-14(13)27-18/h4-5,7,10,12H,6,8-9H2,1-3H3,(H2,23,24,25)/t10-,12+,18+/m1/s1. The number of fused-ring (bicyclic) bond motifs is 1. The topological polar surface area (TPSA) is 59.6 Å². The maximum atomic E-state index is 13.7. The largest absolute Gasteiger partial charge is 0.492 e. The number of amides is 2. The summed E-state index contributed by atoms with van der Waals surface area (Å²) in [6, 6.07) is 2.61. The average molecular weight is 407 g/mol. The van der Waals surface area contributed by atoms with E-state index in [0.717, 1.165) is 6.42 Å². The van der Waals surface area contributed by atoms with Gasteiger partial charge in [-0.05, 0) is 42.7 Å². The summed E-state index contributed by atoms with van der Waals surface area (Å²) in [5.41, 5.74) is 0.00463. The van der Waals surface area contributed by atoms with Crippen molar-refractivity contribution in [1.82, 2.24) is 10.6 Å². The van der Waals surface area contributed by atoms with E-state index >= 15 is 0 Å². The molecule has 5 nitrogen and oxygen atoms in total. The Hall–Kier alpha value is -1.83. The molecule has 3 rings (SSSR count). The fraction of sp³-hybridized carbons (Fsp3) is 0.611. The summed E-state index contributed by atoms with van der Waals surface area (Å²) < 4.78 is 51.0. The molecule has 9 heteroatoms. The molecule has 0 spiro atoms. The molecule has 2 aliphatic rings. The van der Waals surface area contributed by atoms with Crippen LogP contribution in [0.4, 0.5) is 18.0 Å². The number of hydrogen-bond acceptors (Lipinski definition) is 3. The van der Waals surface area contributed by atoms with Gasteiger partial charge in [0.2, 0.25) is 0 Å². The molecule has 1 saturated carbocycles. The number of ether oxygens (including phenoxy) is 2. The Bertz CT molecular complexity index is 741. The number of carbonyl (C=O) groups is 1. The molecule has 1 aliphatic carbocycles. The molecule has 2 amide bonds. The highest BCUT2D eigenvalue weighted by Crippen LogP contribution is 2.46. The molecular weight excluding hydrogens is 385 g/mol. The van der Waals surface area contributed by atoms with Gasteiger partial charge in [0.15, 0.2) is 11.5 Å². The second-order valence-corrected chi connectivity index (χ2v) is 8.55. The third-order valence-electron chi connectivity index (χ3n) is 4.79. The molecular formula is C18H22ClF3N2O3. The first kappa shape index (κ1) is 19.9. The molecule has 0 unspecified atom stereocenters. The summed E-state index contributed by atoms with van der Waals surface area (Å²) in [6.07, 6.45) is -2.62. The van der Waals surface area contributed by atoms with Gasteiger partial charge >= 0.3 is 18.1 Å². The smallest absolute Gasteiger partial charge is 0.424 e. The van der Waals surface area contributed by atoms with Crippen LogP contribution in [0.25, 0.3) is 0 Å². The summed E-state index contributed by atoms with van der Waals surface area (Å²) in [5, 5.41) is 4.65. The van der Waals surface area contributed by atoms with Crippen molar-refractivity contribution in [2.24, 2.45) is 11.3 Å². The lowest BCUT2D eigenvalue weighted by molar-refractivity contribution is -0.317. The van der Waals surface area contributed by atoms with Crippen LogP contribution in [-0.2, 0) is 0 Å². The van der Waals surface area contributed by atoms with E-state index in [1.165, 1.54) is 18.2 Å². The molecule has 1 aromatic carbocycles. The van der Waals surface area contributed by atoms with Gasteiger partial charge in [-0.1, -0.05) is 32.4 Å². The third kappa shape index (κ3) is 4.20. The van der Waals surface area contributed by atoms with E-state index in [0.29, 0.717) is 18.8 Å². The Morgan fingerprint density at radius 2 is 1.89 bits per heavy atom. The van der Waals surface area contributed by atoms with E-state index in [2.05, 4.69) is 26.1 Å². The molecule has 0 saturated heterocycles. The summed E-state index contributed by atoms with van der Waals surface area (Å²) >= 11 is 5.79. The predicted molar refractivity (Wildman–Crippen MR) is 93.7 cm³/mol. The number of nitrogens with one attached hydrogen (secondary N) is 2. The molecule has 0 radical (unpaired) electrons. The number of rotatable bonds is 2. The van der Waals surface area contributed by atoms with Gasteiger partial charge in [0.25, 0.3) is 0 Å². The van der Waals surface area contributed by atoms with E-state index in [1.54, 1.807) is 0 Å². The lowest BCUT2D eigenvalue weighted by Crippen LogP contribution is -2.67. The number of hydrogen-bond donors (Lipinski definition) is 2. The number of alkyl halides is 3. The Labute approximate surface area is 160 Å². The number of benzene rings is 1. The highest BCUT2D eigenvalue weighted by molar-refractivity contribution is 6.30. The molecule has 1 aromatic rings. The van der Waals surface area contributed by atoms with Crippen LogP contribution in [0.1, 0.15) is 40.0 Å². The van der Waals surface area contributed by atoms with Gasteiger partial charge in [-0.3, -0.25) is 5.32 Å². The molecule has 1 heterocycles. The van der Waals surface area contributed by atoms with E-state index < -0.39 is 18.1 Å². The quantitative estimate of drug-likeness (QED) is 0.738. The lowest BCUT2D eigenvalue weighted by atomic mass is 9.71. The highest BCUT2D eigenvalue weighted by atomic mass is 35.5. The van der Waals surface area contributed by atoms with Crippen molar-refractivity contribution in [1.29, 1.82) is 0 Å². The Kier molecular flexibility index (Phi) is 4.91. The lowest BCUT2D eigenvalue weighted by Gasteiger charge is -2.39. The molecule has 0 bridgehead atoms. The first-order valence-corrected chi connectivity index (χ1v) is 9.10. The van der Waals surface area contributed by atoms with Crippen molar-refractivity contribution in [2.75, 3.05) is 0 Å². The molecule has 1 aliphatic heterocycles. The van der Waals surface area contributed by atoms with Crippen molar-refractivity contribution >= 4 is 17.6 Å². The summed E-state index contributed by atoms with van der Waals surface area (Å²) in [6.45, 7) is 6.22. The molecule has 1 fully saturated rings. The maximum Gasteiger partial charge on any atom is 0.492 e. The summed E-state index contributed by atoms with van der Waals surface area (Å²) in [4.78, 5) is 12.3. The Morgan fingerprint density at radius 1 is 1.22 bits per heavy atom. The minimum atomic E-state index is -5.00. The first-order valence-electron chi connectivity index (χ1n) is 8.72. The zero-order chi connectivity index (χ0) is 20.0. The van der Waals surface area contributed by atoms with Gasteiger partial charge in [-0.2, -0.15) is 13.2 Å². The fourth-order valence-corrected chi connectivity index (χ4v) is 4.20. The van der Waals surface area contributed by atoms with Gasteiger partial charge in [-0.25, -0.2) is 4.79 Å². The van der Waals surface area contributed by atoms with E-state index in [-0.39, 0.29) is 28.0 Å². The Balaban J connectivity index is 1.74. The van der Waals surface area contributed by atoms with Gasteiger partial charge in [0.05, 0.1) is 0 Å².